The molecule has 3 fully saturated rings. The van der Waals surface area contributed by atoms with Crippen LogP contribution in [0, 0.1) is 17.3 Å². The molecule has 11 unspecified atom stereocenters. The zero-order valence-corrected chi connectivity index (χ0v) is 59.8. The monoisotopic (exact) mass is 1500 g/mol. The quantitative estimate of drug-likeness (QED) is 0.0183. The van der Waals surface area contributed by atoms with Crippen LogP contribution in [-0.4, -0.2) is 278 Å². The first-order valence-corrected chi connectivity index (χ1v) is 40.9. The van der Waals surface area contributed by atoms with Crippen LogP contribution in [0.2, 0.25) is 0 Å². The number of rotatable bonds is 54. The maximum Gasteiger partial charge on any atom is 0.217 e. The standard InChI is InChI=1S/C52H103NO32P4S4/c1-36-43(58)45(60)39(29-54)83-49(36)73-18-6-10-22-77-87(65,91)80-25-13-16-70-33-52(32-69-15-5-9-21-76-86(64,90)68-4,35-72-27-28-82-89(67,93)79-24-11-7-19-74-50-37(2)44(59)46(61)40(30-55)84-50)34-71-17-14-26-81-88(66,92)78-23-12-8-20-75-51-42(53-38(3)57)48(63)47(62)41(31-56)85-51/h36-37,39-51,54-56,58-63H,5-35H2,1-4H3,(H,53,57)(H,64,90)(H,65,91)(H,66,92)(H,67,93)/p-4/t36?,37?,39?,40?,41?,42?,43-,44-,45+,46+,47+,48-,49-,50-,51-,52?,86?,87?,88?,89?/m1/s1. The highest BCUT2D eigenvalue weighted by atomic mass is 32.7. The minimum atomic E-state index is -4.00. The van der Waals surface area contributed by atoms with Crippen LogP contribution in [0.25, 0.3) is 0 Å². The van der Waals surface area contributed by atoms with Crippen LogP contribution in [0.3, 0.4) is 0 Å². The molecule has 552 valence electrons. The van der Waals surface area contributed by atoms with E-state index in [2.05, 4.69) is 5.32 Å². The van der Waals surface area contributed by atoms with Crippen molar-refractivity contribution in [2.24, 2.45) is 17.3 Å². The molecule has 0 spiro atoms. The molecule has 3 rings (SSSR count). The fourth-order valence-electron chi connectivity index (χ4n) is 9.11. The predicted octanol–water partition coefficient (Wildman–Crippen LogP) is -1.74. The van der Waals surface area contributed by atoms with Crippen molar-refractivity contribution in [3.63, 3.8) is 0 Å². The van der Waals surface area contributed by atoms with Crippen LogP contribution in [0.1, 0.15) is 85.0 Å². The fraction of sp³-hybridized carbons (Fsp3) is 0.981. The summed E-state index contributed by atoms with van der Waals surface area (Å²) in [6.45, 7) is -13.0. The topological polar surface area (TPSA) is 464 Å². The second-order valence-corrected chi connectivity index (χ2v) is 33.3. The van der Waals surface area contributed by atoms with Gasteiger partial charge in [0.1, 0.15) is 68.9 Å². The van der Waals surface area contributed by atoms with Gasteiger partial charge in [-0.05, 0) is 64.2 Å². The summed E-state index contributed by atoms with van der Waals surface area (Å²) in [5.41, 5.74) is -1.07. The second kappa shape index (κ2) is 47.1. The molecule has 0 aromatic heterocycles. The number of carbonyl (C=O) groups excluding carboxylic acids is 1. The van der Waals surface area contributed by atoms with Gasteiger partial charge in [-0.25, -0.2) is 0 Å². The van der Waals surface area contributed by atoms with Crippen LogP contribution in [-0.2, 0) is 141 Å². The van der Waals surface area contributed by atoms with Crippen LogP contribution >= 0.6 is 27.0 Å². The molecule has 1 amide bonds. The molecule has 3 heterocycles. The minimum absolute atomic E-state index is 0.0227. The molecule has 0 aliphatic carbocycles. The van der Waals surface area contributed by atoms with Gasteiger partial charge in [0.05, 0.1) is 117 Å². The number of unbranched alkanes of at least 4 members (excludes halogenated alkanes) is 4. The van der Waals surface area contributed by atoms with Crippen molar-refractivity contribution in [1.82, 2.24) is 5.32 Å². The Balaban J connectivity index is 1.56. The normalized spacial score (nSPS) is 30.2. The molecule has 0 bridgehead atoms. The second-order valence-electron chi connectivity index (χ2n) is 22.2. The third-order valence-corrected chi connectivity index (χ3v) is 21.1. The van der Waals surface area contributed by atoms with Crippen molar-refractivity contribution >= 4 is 80.5 Å². The SMILES string of the molecule is COP([O-])(=S)OCCCCOCC(COCCCOP(=O)([S-])OCCCCO[C@@H]1OC(CO)[C@H](O)[C@H](O)C1C)(COCCCOP([O-])(=S)OCCCCO[C@@H]1OC(CO)[C@H](O)[C@H](O)C1NC(C)=O)COCCOP([O-])(=S)OCCCCO[C@@H]1OC(CO)[C@H](O)[C@H](O)C1C. The van der Waals surface area contributed by atoms with E-state index in [1.807, 2.05) is 0 Å². The Hall–Kier alpha value is 0.800. The summed E-state index contributed by atoms with van der Waals surface area (Å²) in [5.74, 6) is -1.65. The van der Waals surface area contributed by atoms with Crippen LogP contribution in [0.5, 0.6) is 0 Å². The number of hydrogen-bond donors (Lipinski definition) is 10. The van der Waals surface area contributed by atoms with Crippen molar-refractivity contribution < 1.29 is 154 Å². The van der Waals surface area contributed by atoms with Gasteiger partial charge in [-0.1, -0.05) is 49.3 Å². The van der Waals surface area contributed by atoms with E-state index in [4.69, 9.17) is 131 Å². The average molecular weight is 1500 g/mol. The lowest BCUT2D eigenvalue weighted by Gasteiger charge is -2.42. The summed E-state index contributed by atoms with van der Waals surface area (Å²) in [4.78, 5) is 49.9. The zero-order chi connectivity index (χ0) is 69.1. The summed E-state index contributed by atoms with van der Waals surface area (Å²) >= 11 is 20.1. The first-order valence-electron chi connectivity index (χ1n) is 30.7. The maximum atomic E-state index is 13.1. The first-order chi connectivity index (χ1) is 44.1. The van der Waals surface area contributed by atoms with Gasteiger partial charge >= 0.3 is 0 Å². The van der Waals surface area contributed by atoms with Crippen LogP contribution in [0.15, 0.2) is 0 Å². The highest BCUT2D eigenvalue weighted by Crippen LogP contribution is 2.46. The highest BCUT2D eigenvalue weighted by Gasteiger charge is 2.46. The molecular weight excluding hydrogens is 1400 g/mol. The number of nitrogens with one attached hydrogen (secondary N) is 1. The predicted molar refractivity (Wildman–Crippen MR) is 335 cm³/mol. The van der Waals surface area contributed by atoms with Crippen LogP contribution in [0.4, 0.5) is 0 Å². The highest BCUT2D eigenvalue weighted by molar-refractivity contribution is 8.32. The summed E-state index contributed by atoms with van der Waals surface area (Å²) in [7, 11) is 1.18. The fourth-order valence-corrected chi connectivity index (χ4v) is 13.4. The Morgan fingerprint density at radius 2 is 0.774 bits per heavy atom. The van der Waals surface area contributed by atoms with Gasteiger partial charge in [-0.3, -0.25) is 9.36 Å². The van der Waals surface area contributed by atoms with Crippen molar-refractivity contribution in [3.8, 4) is 0 Å². The molecule has 0 saturated carbocycles. The van der Waals surface area contributed by atoms with E-state index in [9.17, 15) is 70.0 Å². The Bertz CT molecular complexity index is 2220. The minimum Gasteiger partial charge on any atom is -0.780 e. The zero-order valence-electron chi connectivity index (χ0n) is 52.9. The lowest BCUT2D eigenvalue weighted by atomic mass is 9.92. The molecule has 93 heavy (non-hydrogen) atoms. The molecule has 3 saturated heterocycles. The van der Waals surface area contributed by atoms with Crippen molar-refractivity contribution in [2.45, 2.75) is 165 Å². The summed E-state index contributed by atoms with van der Waals surface area (Å²) in [5, 5.41) is 92.5. The third kappa shape index (κ3) is 35.0. The summed E-state index contributed by atoms with van der Waals surface area (Å²) < 4.78 is 113. The van der Waals surface area contributed by atoms with Gasteiger partial charge in [0.25, 0.3) is 0 Å². The molecule has 0 aromatic carbocycles. The average Bonchev–Trinajstić information content (AvgIpc) is 1.15. The molecule has 20 atom stereocenters. The van der Waals surface area contributed by atoms with E-state index in [0.717, 1.165) is 0 Å². The smallest absolute Gasteiger partial charge is 0.217 e. The number of carbonyl (C=O) groups is 1. The molecule has 10 N–H and O–H groups in total. The Morgan fingerprint density at radius 3 is 1.18 bits per heavy atom. The number of ether oxygens (including phenoxy) is 10. The van der Waals surface area contributed by atoms with Crippen molar-refractivity contribution in [2.75, 3.05) is 146 Å². The Labute approximate surface area is 564 Å². The molecule has 41 heteroatoms. The molecule has 0 radical (unpaired) electrons. The molecule has 3 aliphatic heterocycles. The van der Waals surface area contributed by atoms with E-state index >= 15 is 0 Å². The lowest BCUT2D eigenvalue weighted by Crippen LogP contribution is -2.64. The molecule has 0 aromatic rings. The largest absolute Gasteiger partial charge is 0.780 e. The van der Waals surface area contributed by atoms with E-state index in [1.54, 1.807) is 13.8 Å². The van der Waals surface area contributed by atoms with Gasteiger partial charge in [-0.15, -0.1) is 0 Å². The Morgan fingerprint density at radius 1 is 0.462 bits per heavy atom. The number of aliphatic hydroxyl groups excluding tert-OH is 9. The van der Waals surface area contributed by atoms with E-state index < -0.39 is 150 Å². The van der Waals surface area contributed by atoms with Gasteiger partial charge in [0.2, 0.25) is 5.91 Å². The van der Waals surface area contributed by atoms with Crippen LogP contribution < -0.4 is 20.0 Å². The summed E-state index contributed by atoms with van der Waals surface area (Å²) in [6.07, 6.45) is -10.5. The van der Waals surface area contributed by atoms with E-state index in [0.29, 0.717) is 51.4 Å². The molecule has 3 aliphatic rings. The maximum absolute atomic E-state index is 13.1. The van der Waals surface area contributed by atoms with Crippen molar-refractivity contribution in [3.05, 3.63) is 0 Å². The van der Waals surface area contributed by atoms with Crippen molar-refractivity contribution in [1.29, 1.82) is 0 Å². The van der Waals surface area contributed by atoms with Gasteiger partial charge in [-0.2, -0.15) is 0 Å². The van der Waals surface area contributed by atoms with Gasteiger partial charge < -0.3 is 162 Å². The lowest BCUT2D eigenvalue weighted by molar-refractivity contribution is -0.282. The third-order valence-electron chi connectivity index (χ3n) is 14.5. The summed E-state index contributed by atoms with van der Waals surface area (Å²) in [6, 6.07) is -1.12. The van der Waals surface area contributed by atoms with Gasteiger partial charge in [0, 0.05) is 65.5 Å². The number of hydrogen-bond acceptors (Lipinski definition) is 36. The number of aliphatic hydroxyl groups is 9. The number of amides is 1. The molecular formula is C52H99NO32P4S4-4. The van der Waals surface area contributed by atoms with E-state index in [1.165, 1.54) is 14.0 Å². The first kappa shape index (κ1) is 88.0. The van der Waals surface area contributed by atoms with E-state index in [-0.39, 0.29) is 132 Å². The Kier molecular flexibility index (Phi) is 44.6. The molecule has 33 nitrogen and oxygen atoms in total. The van der Waals surface area contributed by atoms with Gasteiger partial charge in [0.15, 0.2) is 25.7 Å².